The molecular formula is C15H18N4. The Kier molecular flexibility index (Phi) is 2.45. The molecule has 3 atom stereocenters. The van der Waals surface area contributed by atoms with E-state index in [4.69, 9.17) is 4.98 Å². The van der Waals surface area contributed by atoms with Gasteiger partial charge in [-0.1, -0.05) is 18.2 Å². The number of hydrogen-bond donors (Lipinski definition) is 1. The van der Waals surface area contributed by atoms with E-state index >= 15 is 0 Å². The molecule has 4 heteroatoms. The van der Waals surface area contributed by atoms with E-state index in [0.717, 1.165) is 48.3 Å². The average Bonchev–Trinajstić information content (AvgIpc) is 3.02. The van der Waals surface area contributed by atoms with Crippen LogP contribution in [0.2, 0.25) is 0 Å². The number of para-hydroxylation sites is 1. The fourth-order valence-electron chi connectivity index (χ4n) is 3.53. The van der Waals surface area contributed by atoms with Crippen LogP contribution in [-0.2, 0) is 0 Å². The second-order valence-corrected chi connectivity index (χ2v) is 5.70. The minimum Gasteiger partial charge on any atom is -0.337 e. The number of hydrogen-bond acceptors (Lipinski definition) is 4. The molecule has 0 aliphatic carbocycles. The summed E-state index contributed by atoms with van der Waals surface area (Å²) < 4.78 is 0. The Morgan fingerprint density at radius 2 is 2.16 bits per heavy atom. The first-order valence-corrected chi connectivity index (χ1v) is 7.02. The van der Waals surface area contributed by atoms with E-state index in [-0.39, 0.29) is 0 Å². The number of nitrogens with zero attached hydrogens (tertiary/aromatic N) is 3. The molecule has 19 heavy (non-hydrogen) atoms. The molecular weight excluding hydrogens is 236 g/mol. The second-order valence-electron chi connectivity index (χ2n) is 5.70. The zero-order valence-electron chi connectivity index (χ0n) is 11.1. The molecule has 3 heterocycles. The van der Waals surface area contributed by atoms with Crippen molar-refractivity contribution in [1.29, 1.82) is 0 Å². The topological polar surface area (TPSA) is 41.0 Å². The van der Waals surface area contributed by atoms with E-state index in [0.29, 0.717) is 6.04 Å². The summed E-state index contributed by atoms with van der Waals surface area (Å²) >= 11 is 0. The van der Waals surface area contributed by atoms with Gasteiger partial charge in [0.25, 0.3) is 0 Å². The standard InChI is InChI=1S/C15H18N4/c1-10-13-8-16-6-12(13)9-19(10)15-17-7-11-4-2-3-5-14(11)18-15/h2-5,7,10,12-13,16H,6,8-9H2,1H3. The molecule has 2 aliphatic rings. The van der Waals surface area contributed by atoms with Crippen LogP contribution in [0.5, 0.6) is 0 Å². The summed E-state index contributed by atoms with van der Waals surface area (Å²) in [6.07, 6.45) is 1.94. The molecule has 4 nitrogen and oxygen atoms in total. The van der Waals surface area contributed by atoms with Crippen molar-refractivity contribution >= 4 is 16.9 Å². The number of nitrogens with one attached hydrogen (secondary N) is 1. The van der Waals surface area contributed by atoms with Crippen LogP contribution in [0.15, 0.2) is 30.5 Å². The zero-order chi connectivity index (χ0) is 12.8. The minimum atomic E-state index is 0.529. The smallest absolute Gasteiger partial charge is 0.226 e. The Labute approximate surface area is 112 Å². The largest absolute Gasteiger partial charge is 0.337 e. The van der Waals surface area contributed by atoms with Crippen molar-refractivity contribution in [2.45, 2.75) is 13.0 Å². The number of benzene rings is 1. The van der Waals surface area contributed by atoms with Crippen molar-refractivity contribution in [1.82, 2.24) is 15.3 Å². The van der Waals surface area contributed by atoms with E-state index < -0.39 is 0 Å². The van der Waals surface area contributed by atoms with Crippen LogP contribution in [0.3, 0.4) is 0 Å². The molecule has 3 unspecified atom stereocenters. The molecule has 4 rings (SSSR count). The van der Waals surface area contributed by atoms with Crippen LogP contribution in [0, 0.1) is 11.8 Å². The van der Waals surface area contributed by atoms with Crippen LogP contribution in [0.4, 0.5) is 5.95 Å². The van der Waals surface area contributed by atoms with Crippen LogP contribution in [0.25, 0.3) is 10.9 Å². The quantitative estimate of drug-likeness (QED) is 0.840. The lowest BCUT2D eigenvalue weighted by Crippen LogP contribution is -2.34. The number of fused-ring (bicyclic) bond motifs is 2. The van der Waals surface area contributed by atoms with Crippen molar-refractivity contribution < 1.29 is 0 Å². The van der Waals surface area contributed by atoms with Gasteiger partial charge in [-0.25, -0.2) is 9.97 Å². The first kappa shape index (κ1) is 11.2. The minimum absolute atomic E-state index is 0.529. The van der Waals surface area contributed by atoms with Gasteiger partial charge < -0.3 is 10.2 Å². The molecule has 98 valence electrons. The molecule has 0 saturated carbocycles. The molecule has 0 radical (unpaired) electrons. The molecule has 1 aromatic carbocycles. The number of rotatable bonds is 1. The summed E-state index contributed by atoms with van der Waals surface area (Å²) in [7, 11) is 0. The highest BCUT2D eigenvalue weighted by atomic mass is 15.3. The predicted octanol–water partition coefficient (Wildman–Crippen LogP) is 1.67. The highest BCUT2D eigenvalue weighted by Gasteiger charge is 2.42. The van der Waals surface area contributed by atoms with Gasteiger partial charge >= 0.3 is 0 Å². The van der Waals surface area contributed by atoms with Crippen molar-refractivity contribution in [3.8, 4) is 0 Å². The summed E-state index contributed by atoms with van der Waals surface area (Å²) in [6, 6.07) is 8.71. The summed E-state index contributed by atoms with van der Waals surface area (Å²) in [4.78, 5) is 11.7. The van der Waals surface area contributed by atoms with Gasteiger partial charge in [-0.15, -0.1) is 0 Å². The monoisotopic (exact) mass is 254 g/mol. The Hall–Kier alpha value is -1.68. The van der Waals surface area contributed by atoms with Gasteiger partial charge in [0, 0.05) is 37.3 Å². The maximum absolute atomic E-state index is 4.73. The van der Waals surface area contributed by atoms with Gasteiger partial charge in [0.1, 0.15) is 0 Å². The molecule has 2 aliphatic heterocycles. The lowest BCUT2D eigenvalue weighted by Gasteiger charge is -2.24. The summed E-state index contributed by atoms with van der Waals surface area (Å²) in [5.41, 5.74) is 1.04. The SMILES string of the molecule is CC1C2CNCC2CN1c1ncc2ccccc2n1. The first-order chi connectivity index (χ1) is 9.33. The van der Waals surface area contributed by atoms with Gasteiger partial charge in [0.15, 0.2) is 0 Å². The van der Waals surface area contributed by atoms with E-state index in [9.17, 15) is 0 Å². The molecule has 0 amide bonds. The highest BCUT2D eigenvalue weighted by molar-refractivity contribution is 5.78. The molecule has 2 aromatic rings. The van der Waals surface area contributed by atoms with Gasteiger partial charge in [-0.3, -0.25) is 0 Å². The number of aromatic nitrogens is 2. The van der Waals surface area contributed by atoms with Crippen molar-refractivity contribution in [2.24, 2.45) is 11.8 Å². The van der Waals surface area contributed by atoms with E-state index in [1.165, 1.54) is 0 Å². The molecule has 2 fully saturated rings. The lowest BCUT2D eigenvalue weighted by atomic mass is 9.95. The Morgan fingerprint density at radius 3 is 3.05 bits per heavy atom. The van der Waals surface area contributed by atoms with Crippen molar-refractivity contribution in [3.63, 3.8) is 0 Å². The number of anilines is 1. The third kappa shape index (κ3) is 1.70. The maximum atomic E-state index is 4.73. The van der Waals surface area contributed by atoms with E-state index in [1.807, 2.05) is 18.3 Å². The molecule has 0 bridgehead atoms. The third-order valence-electron chi connectivity index (χ3n) is 4.67. The predicted molar refractivity (Wildman–Crippen MR) is 76.2 cm³/mol. The van der Waals surface area contributed by atoms with Gasteiger partial charge in [-0.05, 0) is 24.8 Å². The Morgan fingerprint density at radius 1 is 1.26 bits per heavy atom. The molecule has 0 spiro atoms. The summed E-state index contributed by atoms with van der Waals surface area (Å²) in [5, 5.41) is 4.60. The van der Waals surface area contributed by atoms with Gasteiger partial charge in [-0.2, -0.15) is 0 Å². The maximum Gasteiger partial charge on any atom is 0.226 e. The van der Waals surface area contributed by atoms with Gasteiger partial charge in [0.05, 0.1) is 5.52 Å². The van der Waals surface area contributed by atoms with Crippen LogP contribution >= 0.6 is 0 Å². The molecule has 2 saturated heterocycles. The fraction of sp³-hybridized carbons (Fsp3) is 0.467. The average molecular weight is 254 g/mol. The van der Waals surface area contributed by atoms with E-state index in [2.05, 4.69) is 34.3 Å². The summed E-state index contributed by atoms with van der Waals surface area (Å²) in [5.74, 6) is 2.39. The zero-order valence-corrected chi connectivity index (χ0v) is 11.1. The van der Waals surface area contributed by atoms with Crippen molar-refractivity contribution in [3.05, 3.63) is 30.5 Å². The summed E-state index contributed by atoms with van der Waals surface area (Å²) in [6.45, 7) is 5.66. The van der Waals surface area contributed by atoms with Crippen molar-refractivity contribution in [2.75, 3.05) is 24.5 Å². The van der Waals surface area contributed by atoms with Crippen LogP contribution < -0.4 is 10.2 Å². The van der Waals surface area contributed by atoms with Crippen LogP contribution in [-0.4, -0.2) is 35.6 Å². The first-order valence-electron chi connectivity index (χ1n) is 7.02. The fourth-order valence-corrected chi connectivity index (χ4v) is 3.53. The molecule has 1 aromatic heterocycles. The third-order valence-corrected chi connectivity index (χ3v) is 4.67. The highest BCUT2D eigenvalue weighted by Crippen LogP contribution is 2.34. The normalized spacial score (nSPS) is 29.9. The van der Waals surface area contributed by atoms with Crippen LogP contribution in [0.1, 0.15) is 6.92 Å². The Bertz CT molecular complexity index is 612. The second kappa shape index (κ2) is 4.17. The Balaban J connectivity index is 1.71. The lowest BCUT2D eigenvalue weighted by molar-refractivity contribution is 0.471. The molecule has 1 N–H and O–H groups in total. The van der Waals surface area contributed by atoms with E-state index in [1.54, 1.807) is 0 Å². The van der Waals surface area contributed by atoms with Gasteiger partial charge in [0.2, 0.25) is 5.95 Å².